The van der Waals surface area contributed by atoms with E-state index in [2.05, 4.69) is 21.2 Å². The SMILES string of the molecule is COC(=O)CC(NC(=O)Cn1c(=O)oc2ccccc21)c1ccc(Br)cc1. The Kier molecular flexibility index (Phi) is 5.75. The molecule has 3 rings (SSSR count). The highest BCUT2D eigenvalue weighted by Gasteiger charge is 2.20. The highest BCUT2D eigenvalue weighted by molar-refractivity contribution is 9.10. The second kappa shape index (κ2) is 8.22. The third-order valence-corrected chi connectivity index (χ3v) is 4.61. The first-order chi connectivity index (χ1) is 13.0. The quantitative estimate of drug-likeness (QED) is 0.604. The average Bonchev–Trinajstić information content (AvgIpc) is 2.97. The number of amides is 1. The van der Waals surface area contributed by atoms with Gasteiger partial charge in [0, 0.05) is 4.47 Å². The molecular weight excluding hydrogens is 416 g/mol. The van der Waals surface area contributed by atoms with Crippen molar-refractivity contribution in [2.24, 2.45) is 0 Å². The number of hydrogen-bond donors (Lipinski definition) is 1. The number of halogens is 1. The summed E-state index contributed by atoms with van der Waals surface area (Å²) in [6.07, 6.45) is -0.0229. The average molecular weight is 433 g/mol. The van der Waals surface area contributed by atoms with E-state index in [-0.39, 0.29) is 13.0 Å². The third kappa shape index (κ3) is 4.46. The van der Waals surface area contributed by atoms with E-state index in [0.29, 0.717) is 11.1 Å². The van der Waals surface area contributed by atoms with Gasteiger partial charge in [0.2, 0.25) is 5.91 Å². The maximum Gasteiger partial charge on any atom is 0.420 e. The van der Waals surface area contributed by atoms with Crippen molar-refractivity contribution in [1.82, 2.24) is 9.88 Å². The van der Waals surface area contributed by atoms with Crippen molar-refractivity contribution >= 4 is 38.9 Å². The molecule has 0 aliphatic heterocycles. The fourth-order valence-electron chi connectivity index (χ4n) is 2.74. The molecule has 1 amide bonds. The van der Waals surface area contributed by atoms with Crippen LogP contribution in [0.25, 0.3) is 11.1 Å². The van der Waals surface area contributed by atoms with Crippen molar-refractivity contribution < 1.29 is 18.7 Å². The number of nitrogens with zero attached hydrogens (tertiary/aromatic N) is 1. The number of carbonyl (C=O) groups excluding carboxylic acids is 2. The summed E-state index contributed by atoms with van der Waals surface area (Å²) in [4.78, 5) is 36.3. The predicted molar refractivity (Wildman–Crippen MR) is 102 cm³/mol. The van der Waals surface area contributed by atoms with Crippen molar-refractivity contribution in [3.63, 3.8) is 0 Å². The summed E-state index contributed by atoms with van der Waals surface area (Å²) in [5, 5.41) is 2.79. The minimum atomic E-state index is -0.612. The largest absolute Gasteiger partial charge is 0.469 e. The van der Waals surface area contributed by atoms with Crippen LogP contribution in [0.3, 0.4) is 0 Å². The van der Waals surface area contributed by atoms with Gasteiger partial charge in [-0.15, -0.1) is 0 Å². The Bertz CT molecular complexity index is 1020. The van der Waals surface area contributed by atoms with Gasteiger partial charge in [0.05, 0.1) is 25.1 Å². The number of esters is 1. The van der Waals surface area contributed by atoms with E-state index in [1.54, 1.807) is 36.4 Å². The van der Waals surface area contributed by atoms with Gasteiger partial charge in [-0.2, -0.15) is 0 Å². The molecule has 1 unspecified atom stereocenters. The smallest absolute Gasteiger partial charge is 0.420 e. The Hall–Kier alpha value is -2.87. The molecule has 0 saturated carbocycles. The van der Waals surface area contributed by atoms with Crippen molar-refractivity contribution in [3.8, 4) is 0 Å². The summed E-state index contributed by atoms with van der Waals surface area (Å²) in [7, 11) is 1.29. The van der Waals surface area contributed by atoms with Crippen molar-refractivity contribution in [2.75, 3.05) is 7.11 Å². The second-order valence-electron chi connectivity index (χ2n) is 5.87. The van der Waals surface area contributed by atoms with Crippen LogP contribution in [0.1, 0.15) is 18.0 Å². The van der Waals surface area contributed by atoms with E-state index in [1.807, 2.05) is 12.1 Å². The fourth-order valence-corrected chi connectivity index (χ4v) is 3.01. The monoisotopic (exact) mass is 432 g/mol. The van der Waals surface area contributed by atoms with Crippen LogP contribution in [0, 0.1) is 0 Å². The minimum Gasteiger partial charge on any atom is -0.469 e. The van der Waals surface area contributed by atoms with Gasteiger partial charge in [-0.25, -0.2) is 4.79 Å². The number of hydrogen-bond acceptors (Lipinski definition) is 5. The summed E-state index contributed by atoms with van der Waals surface area (Å²) >= 11 is 3.35. The van der Waals surface area contributed by atoms with Gasteiger partial charge in [0.15, 0.2) is 5.58 Å². The number of fused-ring (bicyclic) bond motifs is 1. The lowest BCUT2D eigenvalue weighted by Gasteiger charge is -2.18. The van der Waals surface area contributed by atoms with E-state index >= 15 is 0 Å². The molecule has 1 N–H and O–H groups in total. The van der Waals surface area contributed by atoms with Crippen molar-refractivity contribution in [2.45, 2.75) is 19.0 Å². The standard InChI is InChI=1S/C19H17BrN2O5/c1-26-18(24)10-14(12-6-8-13(20)9-7-12)21-17(23)11-22-15-4-2-3-5-16(15)27-19(22)25/h2-9,14H,10-11H2,1H3,(H,21,23). The maximum absolute atomic E-state index is 12.6. The summed E-state index contributed by atoms with van der Waals surface area (Å²) in [6, 6.07) is 13.5. The molecule has 0 fully saturated rings. The van der Waals surface area contributed by atoms with Crippen LogP contribution >= 0.6 is 15.9 Å². The molecule has 0 aliphatic rings. The summed E-state index contributed by atoms with van der Waals surface area (Å²) in [5.41, 5.74) is 1.70. The van der Waals surface area contributed by atoms with Crippen LogP contribution in [0.15, 0.2) is 62.2 Å². The zero-order chi connectivity index (χ0) is 19.4. The molecule has 27 heavy (non-hydrogen) atoms. The first kappa shape index (κ1) is 18.9. The topological polar surface area (TPSA) is 90.5 Å². The van der Waals surface area contributed by atoms with E-state index in [1.165, 1.54) is 11.7 Å². The second-order valence-corrected chi connectivity index (χ2v) is 6.79. The van der Waals surface area contributed by atoms with Crippen LogP contribution in [0.4, 0.5) is 0 Å². The maximum atomic E-state index is 12.6. The molecule has 7 nitrogen and oxygen atoms in total. The number of para-hydroxylation sites is 2. The minimum absolute atomic E-state index is 0.0229. The van der Waals surface area contributed by atoms with Gasteiger partial charge in [-0.05, 0) is 29.8 Å². The Balaban J connectivity index is 1.81. The van der Waals surface area contributed by atoms with Crippen LogP contribution in [0.5, 0.6) is 0 Å². The predicted octanol–water partition coefficient (Wildman–Crippen LogP) is 2.78. The number of benzene rings is 2. The van der Waals surface area contributed by atoms with Crippen LogP contribution < -0.4 is 11.1 Å². The van der Waals surface area contributed by atoms with Gasteiger partial charge in [0.1, 0.15) is 6.54 Å². The number of nitrogens with one attached hydrogen (secondary N) is 1. The number of ether oxygens (including phenoxy) is 1. The number of methoxy groups -OCH3 is 1. The zero-order valence-electron chi connectivity index (χ0n) is 14.5. The molecular formula is C19H17BrN2O5. The third-order valence-electron chi connectivity index (χ3n) is 4.08. The molecule has 1 atom stereocenters. The normalized spacial score (nSPS) is 11.9. The summed E-state index contributed by atoms with van der Waals surface area (Å²) in [6.45, 7) is -0.218. The van der Waals surface area contributed by atoms with Crippen LogP contribution in [-0.4, -0.2) is 23.6 Å². The number of oxazole rings is 1. The Labute approximate surface area is 163 Å². The van der Waals surface area contributed by atoms with Crippen molar-refractivity contribution in [3.05, 3.63) is 69.1 Å². The van der Waals surface area contributed by atoms with E-state index in [9.17, 15) is 14.4 Å². The Morgan fingerprint density at radius 3 is 2.59 bits per heavy atom. The number of rotatable bonds is 6. The molecule has 2 aromatic carbocycles. The lowest BCUT2D eigenvalue weighted by atomic mass is 10.0. The first-order valence-electron chi connectivity index (χ1n) is 8.18. The van der Waals surface area contributed by atoms with Crippen LogP contribution in [-0.2, 0) is 20.9 Å². The van der Waals surface area contributed by atoms with Gasteiger partial charge in [0.25, 0.3) is 0 Å². The lowest BCUT2D eigenvalue weighted by Crippen LogP contribution is -2.34. The van der Waals surface area contributed by atoms with Gasteiger partial charge in [-0.1, -0.05) is 40.2 Å². The highest BCUT2D eigenvalue weighted by atomic mass is 79.9. The van der Waals surface area contributed by atoms with Crippen LogP contribution in [0.2, 0.25) is 0 Å². The van der Waals surface area contributed by atoms with Gasteiger partial charge < -0.3 is 14.5 Å². The number of carbonyl (C=O) groups is 2. The van der Waals surface area contributed by atoms with E-state index in [0.717, 1.165) is 10.0 Å². The van der Waals surface area contributed by atoms with Gasteiger partial charge in [-0.3, -0.25) is 14.2 Å². The molecule has 0 radical (unpaired) electrons. The molecule has 1 aromatic heterocycles. The zero-order valence-corrected chi connectivity index (χ0v) is 16.1. The Morgan fingerprint density at radius 1 is 1.19 bits per heavy atom. The number of aromatic nitrogens is 1. The highest BCUT2D eigenvalue weighted by Crippen LogP contribution is 2.20. The Morgan fingerprint density at radius 2 is 1.89 bits per heavy atom. The lowest BCUT2D eigenvalue weighted by molar-refractivity contribution is -0.141. The molecule has 0 spiro atoms. The molecule has 0 aliphatic carbocycles. The molecule has 3 aromatic rings. The van der Waals surface area contributed by atoms with E-state index < -0.39 is 23.7 Å². The molecule has 1 heterocycles. The summed E-state index contributed by atoms with van der Waals surface area (Å²) < 4.78 is 12.0. The summed E-state index contributed by atoms with van der Waals surface area (Å²) in [5.74, 6) is -1.48. The first-order valence-corrected chi connectivity index (χ1v) is 8.97. The van der Waals surface area contributed by atoms with Crippen molar-refractivity contribution in [1.29, 1.82) is 0 Å². The van der Waals surface area contributed by atoms with Gasteiger partial charge >= 0.3 is 11.7 Å². The molecule has 0 saturated heterocycles. The van der Waals surface area contributed by atoms with E-state index in [4.69, 9.17) is 9.15 Å². The fraction of sp³-hybridized carbons (Fsp3) is 0.211. The molecule has 8 heteroatoms. The molecule has 0 bridgehead atoms. The molecule has 140 valence electrons.